The van der Waals surface area contributed by atoms with Crippen LogP contribution in [0.2, 0.25) is 0 Å². The zero-order valence-electron chi connectivity index (χ0n) is 10.7. The van der Waals surface area contributed by atoms with E-state index in [-0.39, 0.29) is 12.3 Å². The zero-order valence-corrected chi connectivity index (χ0v) is 10.7. The van der Waals surface area contributed by atoms with Gasteiger partial charge in [-0.25, -0.2) is 0 Å². The molecule has 0 saturated carbocycles. The van der Waals surface area contributed by atoms with Crippen molar-refractivity contribution < 1.29 is 23.9 Å². The van der Waals surface area contributed by atoms with Gasteiger partial charge in [-0.1, -0.05) is 6.92 Å². The molecule has 2 atom stereocenters. The summed E-state index contributed by atoms with van der Waals surface area (Å²) in [7, 11) is 0. The Hall–Kier alpha value is -2.31. The Balaban J connectivity index is 2.41. The van der Waals surface area contributed by atoms with E-state index in [0.29, 0.717) is 0 Å². The van der Waals surface area contributed by atoms with Gasteiger partial charge in [0.15, 0.2) is 5.76 Å². The Kier molecular flexibility index (Phi) is 5.11. The molecule has 1 aromatic rings. The Morgan fingerprint density at radius 3 is 2.58 bits per heavy atom. The second-order valence-corrected chi connectivity index (χ2v) is 4.16. The number of furan rings is 1. The topological polar surface area (TPSA) is 109 Å². The Morgan fingerprint density at radius 2 is 2.05 bits per heavy atom. The van der Waals surface area contributed by atoms with Crippen LogP contribution in [-0.2, 0) is 9.59 Å². The van der Waals surface area contributed by atoms with Gasteiger partial charge in [0.2, 0.25) is 5.91 Å². The van der Waals surface area contributed by atoms with E-state index in [9.17, 15) is 14.4 Å². The number of nitrogens with one attached hydrogen (secondary N) is 2. The van der Waals surface area contributed by atoms with Gasteiger partial charge in [0.05, 0.1) is 12.2 Å². The van der Waals surface area contributed by atoms with Crippen LogP contribution in [0.3, 0.4) is 0 Å². The fraction of sp³-hybridized carbons (Fsp3) is 0.417. The van der Waals surface area contributed by atoms with Crippen molar-refractivity contribution >= 4 is 17.8 Å². The molecule has 0 radical (unpaired) electrons. The maximum atomic E-state index is 11.6. The summed E-state index contributed by atoms with van der Waals surface area (Å²) in [6, 6.07) is 2.26. The number of aliphatic carboxylic acids is 1. The van der Waals surface area contributed by atoms with E-state index in [0.717, 1.165) is 0 Å². The van der Waals surface area contributed by atoms with Crippen molar-refractivity contribution in [3.05, 3.63) is 24.2 Å². The molecule has 1 heterocycles. The minimum atomic E-state index is -0.993. The van der Waals surface area contributed by atoms with E-state index in [1.807, 2.05) is 0 Å². The summed E-state index contributed by atoms with van der Waals surface area (Å²) in [6.45, 7) is 2.99. The van der Waals surface area contributed by atoms with Gasteiger partial charge in [-0.15, -0.1) is 0 Å². The van der Waals surface area contributed by atoms with Crippen LogP contribution in [0.15, 0.2) is 22.8 Å². The van der Waals surface area contributed by atoms with Crippen LogP contribution < -0.4 is 10.6 Å². The number of carboxylic acid groups (broad SMARTS) is 1. The molecule has 3 N–H and O–H groups in total. The molecule has 104 valence electrons. The number of carboxylic acids is 1. The first kappa shape index (κ1) is 14.7. The fourth-order valence-electron chi connectivity index (χ4n) is 1.24. The average Bonchev–Trinajstić information content (AvgIpc) is 2.88. The predicted octanol–water partition coefficient (Wildman–Crippen LogP) is 0.235. The van der Waals surface area contributed by atoms with Crippen LogP contribution in [0.4, 0.5) is 0 Å². The number of amides is 2. The summed E-state index contributed by atoms with van der Waals surface area (Å²) >= 11 is 0. The summed E-state index contributed by atoms with van der Waals surface area (Å²) in [5.74, 6) is -2.52. The highest BCUT2D eigenvalue weighted by molar-refractivity contribution is 5.95. The van der Waals surface area contributed by atoms with Crippen molar-refractivity contribution in [3.8, 4) is 0 Å². The monoisotopic (exact) mass is 268 g/mol. The third kappa shape index (κ3) is 4.46. The molecule has 0 aliphatic heterocycles. The van der Waals surface area contributed by atoms with E-state index < -0.39 is 29.7 Å². The normalized spacial score (nSPS) is 13.4. The second-order valence-electron chi connectivity index (χ2n) is 4.16. The number of rotatable bonds is 6. The maximum Gasteiger partial charge on any atom is 0.308 e. The molecular weight excluding hydrogens is 252 g/mol. The summed E-state index contributed by atoms with van der Waals surface area (Å²) in [4.78, 5) is 33.8. The van der Waals surface area contributed by atoms with Crippen LogP contribution in [-0.4, -0.2) is 35.5 Å². The molecule has 0 bridgehead atoms. The molecule has 0 fully saturated rings. The molecule has 2 unspecified atom stereocenters. The first-order chi connectivity index (χ1) is 8.91. The Morgan fingerprint density at radius 1 is 1.37 bits per heavy atom. The van der Waals surface area contributed by atoms with Gasteiger partial charge in [0, 0.05) is 6.54 Å². The molecule has 1 aromatic heterocycles. The van der Waals surface area contributed by atoms with Gasteiger partial charge in [-0.05, 0) is 19.1 Å². The molecule has 7 nitrogen and oxygen atoms in total. The lowest BCUT2D eigenvalue weighted by Crippen LogP contribution is -2.46. The molecule has 0 aliphatic rings. The van der Waals surface area contributed by atoms with Gasteiger partial charge >= 0.3 is 5.97 Å². The van der Waals surface area contributed by atoms with Gasteiger partial charge in [0.25, 0.3) is 5.91 Å². The van der Waals surface area contributed by atoms with Crippen molar-refractivity contribution in [1.82, 2.24) is 10.6 Å². The molecule has 19 heavy (non-hydrogen) atoms. The molecular formula is C12H16N2O5. The lowest BCUT2D eigenvalue weighted by atomic mass is 10.2. The zero-order chi connectivity index (χ0) is 14.4. The Bertz CT molecular complexity index is 455. The summed E-state index contributed by atoms with van der Waals surface area (Å²) in [6.07, 6.45) is 1.36. The molecule has 7 heteroatoms. The van der Waals surface area contributed by atoms with Crippen molar-refractivity contribution in [2.45, 2.75) is 19.9 Å². The van der Waals surface area contributed by atoms with Crippen molar-refractivity contribution in [3.63, 3.8) is 0 Å². The smallest absolute Gasteiger partial charge is 0.308 e. The van der Waals surface area contributed by atoms with Crippen LogP contribution in [0, 0.1) is 5.92 Å². The molecule has 0 aliphatic carbocycles. The SMILES string of the molecule is CC(CNC(=O)C(C)NC(=O)c1ccco1)C(=O)O. The number of hydrogen-bond donors (Lipinski definition) is 3. The van der Waals surface area contributed by atoms with Crippen LogP contribution in [0.25, 0.3) is 0 Å². The van der Waals surface area contributed by atoms with E-state index in [4.69, 9.17) is 9.52 Å². The van der Waals surface area contributed by atoms with Crippen molar-refractivity contribution in [2.24, 2.45) is 5.92 Å². The van der Waals surface area contributed by atoms with Crippen molar-refractivity contribution in [1.29, 1.82) is 0 Å². The van der Waals surface area contributed by atoms with E-state index in [1.54, 1.807) is 6.07 Å². The average molecular weight is 268 g/mol. The van der Waals surface area contributed by atoms with Crippen LogP contribution >= 0.6 is 0 Å². The number of carbonyl (C=O) groups is 3. The second kappa shape index (κ2) is 6.58. The van der Waals surface area contributed by atoms with E-state index in [2.05, 4.69) is 10.6 Å². The highest BCUT2D eigenvalue weighted by Gasteiger charge is 2.19. The largest absolute Gasteiger partial charge is 0.481 e. The fourth-order valence-corrected chi connectivity index (χ4v) is 1.24. The number of carbonyl (C=O) groups excluding carboxylic acids is 2. The highest BCUT2D eigenvalue weighted by Crippen LogP contribution is 2.00. The summed E-state index contributed by atoms with van der Waals surface area (Å²) in [5.41, 5.74) is 0. The predicted molar refractivity (Wildman–Crippen MR) is 65.4 cm³/mol. The quantitative estimate of drug-likeness (QED) is 0.684. The van der Waals surface area contributed by atoms with Crippen LogP contribution in [0.5, 0.6) is 0 Å². The lowest BCUT2D eigenvalue weighted by Gasteiger charge is -2.14. The number of hydrogen-bond acceptors (Lipinski definition) is 4. The van der Waals surface area contributed by atoms with E-state index >= 15 is 0 Å². The molecule has 1 rings (SSSR count). The van der Waals surface area contributed by atoms with Gasteiger partial charge in [-0.2, -0.15) is 0 Å². The Labute approximate surface area is 110 Å². The molecule has 0 saturated heterocycles. The lowest BCUT2D eigenvalue weighted by molar-refractivity contribution is -0.141. The first-order valence-electron chi connectivity index (χ1n) is 5.76. The third-order valence-corrected chi connectivity index (χ3v) is 2.49. The molecule has 0 aromatic carbocycles. The van der Waals surface area contributed by atoms with Gasteiger partial charge < -0.3 is 20.2 Å². The first-order valence-corrected chi connectivity index (χ1v) is 5.76. The minimum Gasteiger partial charge on any atom is -0.481 e. The highest BCUT2D eigenvalue weighted by atomic mass is 16.4. The third-order valence-electron chi connectivity index (χ3n) is 2.49. The van der Waals surface area contributed by atoms with E-state index in [1.165, 1.54) is 26.2 Å². The minimum absolute atomic E-state index is 0.00906. The van der Waals surface area contributed by atoms with Gasteiger partial charge in [0.1, 0.15) is 6.04 Å². The molecule has 2 amide bonds. The summed E-state index contributed by atoms with van der Waals surface area (Å²) in [5, 5.41) is 13.6. The molecule has 0 spiro atoms. The van der Waals surface area contributed by atoms with Crippen LogP contribution in [0.1, 0.15) is 24.4 Å². The van der Waals surface area contributed by atoms with Crippen molar-refractivity contribution in [2.75, 3.05) is 6.54 Å². The summed E-state index contributed by atoms with van der Waals surface area (Å²) < 4.78 is 4.88. The standard InChI is InChI=1S/C12H16N2O5/c1-7(12(17)18)6-13-10(15)8(2)14-11(16)9-4-3-5-19-9/h3-5,7-8H,6H2,1-2H3,(H,13,15)(H,14,16)(H,17,18). The maximum absolute atomic E-state index is 11.6. The van der Waals surface area contributed by atoms with Gasteiger partial charge in [-0.3, -0.25) is 14.4 Å².